The minimum atomic E-state index is -3.68. The molecule has 1 heterocycles. The Morgan fingerprint density at radius 1 is 0.962 bits per heavy atom. The quantitative estimate of drug-likeness (QED) is 0.887. The predicted octanol–water partition coefficient (Wildman–Crippen LogP) is 3.81. The van der Waals surface area contributed by atoms with Crippen molar-refractivity contribution in [3.8, 4) is 0 Å². The van der Waals surface area contributed by atoms with Crippen LogP contribution < -0.4 is 4.72 Å². The molecule has 0 saturated carbocycles. The summed E-state index contributed by atoms with van der Waals surface area (Å²) in [7, 11) is -3.68. The van der Waals surface area contributed by atoms with E-state index in [-0.39, 0.29) is 10.8 Å². The standard InChI is InChI=1S/C20H24N2O3S/c1-16-9-11-19(12-10-16)26(24,25)21-18-8-6-7-17(15-18)20(23)22-13-4-2-3-5-14-22/h6-12,15,21H,2-5,13-14H2,1H3. The largest absolute Gasteiger partial charge is 0.339 e. The zero-order chi connectivity index (χ0) is 18.6. The molecular weight excluding hydrogens is 348 g/mol. The normalized spacial score (nSPS) is 15.3. The molecule has 0 aromatic heterocycles. The molecule has 3 rings (SSSR count). The van der Waals surface area contributed by atoms with Crippen LogP contribution in [0.1, 0.15) is 41.6 Å². The average Bonchev–Trinajstić information content (AvgIpc) is 2.91. The van der Waals surface area contributed by atoms with Crippen LogP contribution in [0.5, 0.6) is 0 Å². The van der Waals surface area contributed by atoms with Crippen molar-refractivity contribution in [3.05, 3.63) is 59.7 Å². The van der Waals surface area contributed by atoms with Gasteiger partial charge in [0.15, 0.2) is 0 Å². The third kappa shape index (κ3) is 4.43. The molecule has 0 radical (unpaired) electrons. The number of sulfonamides is 1. The van der Waals surface area contributed by atoms with Crippen LogP contribution in [-0.4, -0.2) is 32.3 Å². The molecule has 2 aromatic rings. The van der Waals surface area contributed by atoms with Crippen LogP contribution in [0, 0.1) is 6.92 Å². The van der Waals surface area contributed by atoms with Gasteiger partial charge in [0.1, 0.15) is 0 Å². The van der Waals surface area contributed by atoms with Gasteiger partial charge in [0.25, 0.3) is 15.9 Å². The van der Waals surface area contributed by atoms with Gasteiger partial charge in [-0.05, 0) is 50.1 Å². The smallest absolute Gasteiger partial charge is 0.261 e. The molecule has 0 aliphatic carbocycles. The summed E-state index contributed by atoms with van der Waals surface area (Å²) < 4.78 is 27.6. The van der Waals surface area contributed by atoms with E-state index in [2.05, 4.69) is 4.72 Å². The van der Waals surface area contributed by atoms with Gasteiger partial charge in [-0.15, -0.1) is 0 Å². The predicted molar refractivity (Wildman–Crippen MR) is 103 cm³/mol. The van der Waals surface area contributed by atoms with Crippen LogP contribution >= 0.6 is 0 Å². The Balaban J connectivity index is 1.78. The third-order valence-corrected chi connectivity index (χ3v) is 5.98. The van der Waals surface area contributed by atoms with Crippen LogP contribution in [0.3, 0.4) is 0 Å². The highest BCUT2D eigenvalue weighted by Crippen LogP contribution is 2.20. The molecule has 6 heteroatoms. The van der Waals surface area contributed by atoms with Crippen molar-refractivity contribution in [1.29, 1.82) is 0 Å². The third-order valence-electron chi connectivity index (χ3n) is 4.59. The molecule has 2 aromatic carbocycles. The van der Waals surface area contributed by atoms with E-state index >= 15 is 0 Å². The van der Waals surface area contributed by atoms with E-state index in [0.717, 1.165) is 44.3 Å². The lowest BCUT2D eigenvalue weighted by atomic mass is 10.1. The fraction of sp³-hybridized carbons (Fsp3) is 0.350. The Bertz CT molecular complexity index is 868. The van der Waals surface area contributed by atoms with Crippen molar-refractivity contribution in [2.45, 2.75) is 37.5 Å². The van der Waals surface area contributed by atoms with Crippen LogP contribution in [0.2, 0.25) is 0 Å². The van der Waals surface area contributed by atoms with E-state index in [4.69, 9.17) is 0 Å². The second kappa shape index (κ2) is 7.91. The molecule has 26 heavy (non-hydrogen) atoms. The molecule has 0 unspecified atom stereocenters. The minimum Gasteiger partial charge on any atom is -0.339 e. The van der Waals surface area contributed by atoms with E-state index in [1.54, 1.807) is 48.5 Å². The number of nitrogens with zero attached hydrogens (tertiary/aromatic N) is 1. The van der Waals surface area contributed by atoms with E-state index in [1.807, 2.05) is 11.8 Å². The Hall–Kier alpha value is -2.34. The average molecular weight is 372 g/mol. The highest BCUT2D eigenvalue weighted by molar-refractivity contribution is 7.92. The van der Waals surface area contributed by atoms with Gasteiger partial charge in [0, 0.05) is 24.3 Å². The summed E-state index contributed by atoms with van der Waals surface area (Å²) in [5.74, 6) is -0.0386. The van der Waals surface area contributed by atoms with Gasteiger partial charge in [-0.2, -0.15) is 0 Å². The highest BCUT2D eigenvalue weighted by Gasteiger charge is 2.19. The van der Waals surface area contributed by atoms with Crippen molar-refractivity contribution < 1.29 is 13.2 Å². The summed E-state index contributed by atoms with van der Waals surface area (Å²) in [5.41, 5.74) is 1.90. The summed E-state index contributed by atoms with van der Waals surface area (Å²) in [6.07, 6.45) is 4.34. The topological polar surface area (TPSA) is 66.5 Å². The number of likely N-dealkylation sites (tertiary alicyclic amines) is 1. The lowest BCUT2D eigenvalue weighted by molar-refractivity contribution is 0.0761. The first-order valence-electron chi connectivity index (χ1n) is 8.94. The number of aryl methyl sites for hydroxylation is 1. The molecule has 5 nitrogen and oxygen atoms in total. The van der Waals surface area contributed by atoms with Gasteiger partial charge in [0.05, 0.1) is 4.90 Å². The van der Waals surface area contributed by atoms with Gasteiger partial charge in [0.2, 0.25) is 0 Å². The van der Waals surface area contributed by atoms with Crippen molar-refractivity contribution in [2.75, 3.05) is 17.8 Å². The van der Waals surface area contributed by atoms with Crippen molar-refractivity contribution in [1.82, 2.24) is 4.90 Å². The molecule has 1 N–H and O–H groups in total. The molecule has 1 fully saturated rings. The van der Waals surface area contributed by atoms with Crippen molar-refractivity contribution in [3.63, 3.8) is 0 Å². The number of hydrogen-bond donors (Lipinski definition) is 1. The molecule has 0 bridgehead atoms. The van der Waals surface area contributed by atoms with Crippen LogP contribution in [0.25, 0.3) is 0 Å². The molecule has 0 spiro atoms. The first-order valence-corrected chi connectivity index (χ1v) is 10.4. The van der Waals surface area contributed by atoms with Gasteiger partial charge in [-0.25, -0.2) is 8.42 Å². The number of nitrogens with one attached hydrogen (secondary N) is 1. The number of carbonyl (C=O) groups excluding carboxylic acids is 1. The van der Waals surface area contributed by atoms with Crippen molar-refractivity contribution >= 4 is 21.6 Å². The molecular formula is C20H24N2O3S. The van der Waals surface area contributed by atoms with Crippen LogP contribution in [-0.2, 0) is 10.0 Å². The van der Waals surface area contributed by atoms with Gasteiger partial charge >= 0.3 is 0 Å². The molecule has 1 aliphatic rings. The Labute approximate surface area is 155 Å². The minimum absolute atomic E-state index is 0.0386. The maximum Gasteiger partial charge on any atom is 0.261 e. The Morgan fingerprint density at radius 2 is 1.62 bits per heavy atom. The number of anilines is 1. The highest BCUT2D eigenvalue weighted by atomic mass is 32.2. The molecule has 1 saturated heterocycles. The molecule has 1 aliphatic heterocycles. The first-order chi connectivity index (χ1) is 12.5. The molecule has 1 amide bonds. The maximum atomic E-state index is 12.7. The number of carbonyl (C=O) groups is 1. The van der Waals surface area contributed by atoms with E-state index in [9.17, 15) is 13.2 Å². The van der Waals surface area contributed by atoms with E-state index in [0.29, 0.717) is 11.3 Å². The second-order valence-electron chi connectivity index (χ2n) is 6.71. The number of amides is 1. The number of hydrogen-bond acceptors (Lipinski definition) is 3. The number of rotatable bonds is 4. The summed E-state index contributed by atoms with van der Waals surface area (Å²) in [6.45, 7) is 3.43. The van der Waals surface area contributed by atoms with Crippen LogP contribution in [0.15, 0.2) is 53.4 Å². The zero-order valence-electron chi connectivity index (χ0n) is 14.9. The van der Waals surface area contributed by atoms with E-state index < -0.39 is 10.0 Å². The SMILES string of the molecule is Cc1ccc(S(=O)(=O)Nc2cccc(C(=O)N3CCCCCC3)c2)cc1. The van der Waals surface area contributed by atoms with Crippen LogP contribution in [0.4, 0.5) is 5.69 Å². The monoisotopic (exact) mass is 372 g/mol. The maximum absolute atomic E-state index is 12.7. The summed E-state index contributed by atoms with van der Waals surface area (Å²) in [4.78, 5) is 14.8. The fourth-order valence-corrected chi connectivity index (χ4v) is 4.15. The molecule has 0 atom stereocenters. The zero-order valence-corrected chi connectivity index (χ0v) is 15.8. The molecule has 138 valence electrons. The summed E-state index contributed by atoms with van der Waals surface area (Å²) in [6, 6.07) is 13.4. The van der Waals surface area contributed by atoms with E-state index in [1.165, 1.54) is 0 Å². The fourth-order valence-electron chi connectivity index (χ4n) is 3.10. The van der Waals surface area contributed by atoms with Gasteiger partial charge < -0.3 is 4.90 Å². The number of benzene rings is 2. The Morgan fingerprint density at radius 3 is 2.27 bits per heavy atom. The second-order valence-corrected chi connectivity index (χ2v) is 8.39. The summed E-state index contributed by atoms with van der Waals surface area (Å²) >= 11 is 0. The summed E-state index contributed by atoms with van der Waals surface area (Å²) in [5, 5.41) is 0. The van der Waals surface area contributed by atoms with Gasteiger partial charge in [-0.1, -0.05) is 36.6 Å². The van der Waals surface area contributed by atoms with Gasteiger partial charge in [-0.3, -0.25) is 9.52 Å². The lowest BCUT2D eigenvalue weighted by Crippen LogP contribution is -2.31. The first kappa shape index (κ1) is 18.5. The Kier molecular flexibility index (Phi) is 5.61. The lowest BCUT2D eigenvalue weighted by Gasteiger charge is -2.20. The van der Waals surface area contributed by atoms with Crippen molar-refractivity contribution in [2.24, 2.45) is 0 Å².